The van der Waals surface area contributed by atoms with Crippen LogP contribution in [0.4, 0.5) is 0 Å². The number of ether oxygens (including phenoxy) is 2. The molecule has 34 heavy (non-hydrogen) atoms. The number of allylic oxidation sites excluding steroid dienone is 2. The molecule has 0 aliphatic heterocycles. The van der Waals surface area contributed by atoms with E-state index in [-0.39, 0.29) is 24.1 Å². The summed E-state index contributed by atoms with van der Waals surface area (Å²) in [5.41, 5.74) is 1.54. The molecule has 0 fully saturated rings. The van der Waals surface area contributed by atoms with Crippen LogP contribution in [0.25, 0.3) is 0 Å². The summed E-state index contributed by atoms with van der Waals surface area (Å²) in [6.45, 7) is 19.6. The summed E-state index contributed by atoms with van der Waals surface area (Å²) >= 11 is 0. The van der Waals surface area contributed by atoms with Gasteiger partial charge in [-0.25, -0.2) is 0 Å². The monoisotopic (exact) mass is 470 g/mol. The number of hydrogen-bond donors (Lipinski definition) is 0. The summed E-state index contributed by atoms with van der Waals surface area (Å²) in [5.74, 6) is 12.3. The lowest BCUT2D eigenvalue weighted by Gasteiger charge is -2.15. The van der Waals surface area contributed by atoms with Crippen LogP contribution >= 0.6 is 0 Å². The molecule has 0 bridgehead atoms. The molecule has 0 aromatic carbocycles. The standard InChI is InChI=1S/C30H46O4/c1-23(2)17-19-27(21-25(5)6)33-29(31)15-13-11-9-10-12-14-16-30(32)34-28(22-26(7)8)20-18-24(3)4/h25-28H,1,3,9-16,21-22H2,2,4-8H3. The molecule has 2 unspecified atom stereocenters. The number of carbonyl (C=O) groups excluding carboxylic acids is 2. The molecule has 0 saturated carbocycles. The number of rotatable bonds is 15. The van der Waals surface area contributed by atoms with Crippen molar-refractivity contribution in [2.45, 2.75) is 118 Å². The molecule has 2 atom stereocenters. The Bertz CT molecular complexity index is 701. The Labute approximate surface area is 208 Å². The molecular weight excluding hydrogens is 424 g/mol. The van der Waals surface area contributed by atoms with Gasteiger partial charge in [0.15, 0.2) is 12.2 Å². The first-order chi connectivity index (χ1) is 16.0. The van der Waals surface area contributed by atoms with E-state index in [9.17, 15) is 9.59 Å². The highest BCUT2D eigenvalue weighted by Crippen LogP contribution is 2.14. The van der Waals surface area contributed by atoms with E-state index in [2.05, 4.69) is 64.5 Å². The second kappa shape index (κ2) is 18.9. The summed E-state index contributed by atoms with van der Waals surface area (Å²) in [7, 11) is 0. The highest BCUT2D eigenvalue weighted by molar-refractivity contribution is 5.70. The summed E-state index contributed by atoms with van der Waals surface area (Å²) in [6.07, 6.45) is 7.18. The Balaban J connectivity index is 4.08. The van der Waals surface area contributed by atoms with Crippen molar-refractivity contribution in [1.82, 2.24) is 0 Å². The van der Waals surface area contributed by atoms with Gasteiger partial charge in [-0.3, -0.25) is 9.59 Å². The van der Waals surface area contributed by atoms with Crippen LogP contribution in [0.2, 0.25) is 0 Å². The Kier molecular flexibility index (Phi) is 17.5. The van der Waals surface area contributed by atoms with Gasteiger partial charge in [-0.2, -0.15) is 0 Å². The molecule has 0 N–H and O–H groups in total. The smallest absolute Gasteiger partial charge is 0.307 e. The van der Waals surface area contributed by atoms with E-state index < -0.39 is 0 Å². The Morgan fingerprint density at radius 3 is 1.26 bits per heavy atom. The molecule has 0 radical (unpaired) electrons. The first-order valence-electron chi connectivity index (χ1n) is 12.7. The lowest BCUT2D eigenvalue weighted by molar-refractivity contribution is -0.148. The molecule has 0 saturated heterocycles. The first-order valence-corrected chi connectivity index (χ1v) is 12.7. The van der Waals surface area contributed by atoms with Crippen molar-refractivity contribution in [3.63, 3.8) is 0 Å². The molecule has 0 rings (SSSR count). The van der Waals surface area contributed by atoms with Crippen LogP contribution in [0.1, 0.15) is 106 Å². The van der Waals surface area contributed by atoms with Crippen molar-refractivity contribution >= 4 is 11.9 Å². The van der Waals surface area contributed by atoms with E-state index in [0.29, 0.717) is 24.7 Å². The van der Waals surface area contributed by atoms with Gasteiger partial charge in [0.1, 0.15) is 0 Å². The highest BCUT2D eigenvalue weighted by atomic mass is 16.5. The summed E-state index contributed by atoms with van der Waals surface area (Å²) < 4.78 is 11.1. The van der Waals surface area contributed by atoms with Crippen molar-refractivity contribution in [3.05, 3.63) is 24.3 Å². The van der Waals surface area contributed by atoms with Gasteiger partial charge in [0.2, 0.25) is 0 Å². The van der Waals surface area contributed by atoms with Crippen LogP contribution in [-0.4, -0.2) is 24.1 Å². The summed E-state index contributed by atoms with van der Waals surface area (Å²) in [4.78, 5) is 24.3. The minimum atomic E-state index is -0.365. The molecule has 4 nitrogen and oxygen atoms in total. The molecule has 0 heterocycles. The predicted octanol–water partition coefficient (Wildman–Crippen LogP) is 7.18. The molecule has 0 aromatic rings. The average molecular weight is 471 g/mol. The topological polar surface area (TPSA) is 52.6 Å². The van der Waals surface area contributed by atoms with Crippen LogP contribution in [0.3, 0.4) is 0 Å². The van der Waals surface area contributed by atoms with Crippen LogP contribution in [0.5, 0.6) is 0 Å². The zero-order valence-corrected chi connectivity index (χ0v) is 22.4. The van der Waals surface area contributed by atoms with Crippen molar-refractivity contribution in [1.29, 1.82) is 0 Å². The second-order valence-electron chi connectivity index (χ2n) is 9.94. The molecule has 0 spiro atoms. The van der Waals surface area contributed by atoms with Gasteiger partial charge in [-0.15, -0.1) is 0 Å². The molecule has 0 aromatic heterocycles. The lowest BCUT2D eigenvalue weighted by atomic mass is 10.1. The van der Waals surface area contributed by atoms with Gasteiger partial charge >= 0.3 is 11.9 Å². The van der Waals surface area contributed by atoms with Gasteiger partial charge < -0.3 is 9.47 Å². The van der Waals surface area contributed by atoms with E-state index in [1.165, 1.54) is 0 Å². The molecule has 0 aliphatic carbocycles. The normalized spacial score (nSPS) is 12.1. The van der Waals surface area contributed by atoms with E-state index in [4.69, 9.17) is 9.47 Å². The van der Waals surface area contributed by atoms with Gasteiger partial charge in [0.25, 0.3) is 0 Å². The molecule has 0 amide bonds. The Morgan fingerprint density at radius 2 is 0.971 bits per heavy atom. The largest absolute Gasteiger partial charge is 0.449 e. The van der Waals surface area contributed by atoms with Crippen molar-refractivity contribution in [3.8, 4) is 23.7 Å². The fourth-order valence-electron chi connectivity index (χ4n) is 3.22. The fraction of sp³-hybridized carbons (Fsp3) is 0.667. The third kappa shape index (κ3) is 20.2. The second-order valence-corrected chi connectivity index (χ2v) is 9.94. The molecular formula is C30H46O4. The van der Waals surface area contributed by atoms with Gasteiger partial charge in [-0.05, 0) is 62.5 Å². The zero-order valence-electron chi connectivity index (χ0n) is 22.4. The van der Waals surface area contributed by atoms with Crippen LogP contribution in [-0.2, 0) is 19.1 Å². The van der Waals surface area contributed by atoms with Crippen molar-refractivity contribution in [2.24, 2.45) is 11.8 Å². The van der Waals surface area contributed by atoms with Gasteiger partial charge in [0, 0.05) is 12.8 Å². The average Bonchev–Trinajstić information content (AvgIpc) is 2.71. The molecule has 0 aliphatic rings. The van der Waals surface area contributed by atoms with Crippen LogP contribution < -0.4 is 0 Å². The number of hydrogen-bond acceptors (Lipinski definition) is 4. The Hall–Kier alpha value is -2.46. The summed E-state index contributed by atoms with van der Waals surface area (Å²) in [5, 5.41) is 0. The van der Waals surface area contributed by atoms with Crippen molar-refractivity contribution in [2.75, 3.05) is 0 Å². The maximum atomic E-state index is 12.2. The molecule has 4 heteroatoms. The highest BCUT2D eigenvalue weighted by Gasteiger charge is 2.15. The van der Waals surface area contributed by atoms with E-state index in [0.717, 1.165) is 62.5 Å². The third-order valence-corrected chi connectivity index (χ3v) is 4.82. The first kappa shape index (κ1) is 31.5. The van der Waals surface area contributed by atoms with E-state index in [1.807, 2.05) is 13.8 Å². The summed E-state index contributed by atoms with van der Waals surface area (Å²) in [6, 6.07) is 0. The quantitative estimate of drug-likeness (QED) is 0.144. The predicted molar refractivity (Wildman–Crippen MR) is 141 cm³/mol. The maximum Gasteiger partial charge on any atom is 0.307 e. The van der Waals surface area contributed by atoms with E-state index >= 15 is 0 Å². The van der Waals surface area contributed by atoms with Gasteiger partial charge in [0.05, 0.1) is 0 Å². The lowest BCUT2D eigenvalue weighted by Crippen LogP contribution is -2.18. The Morgan fingerprint density at radius 1 is 0.647 bits per heavy atom. The van der Waals surface area contributed by atoms with E-state index in [1.54, 1.807) is 0 Å². The fourth-order valence-corrected chi connectivity index (χ4v) is 3.22. The minimum Gasteiger partial charge on any atom is -0.449 e. The van der Waals surface area contributed by atoms with Crippen molar-refractivity contribution < 1.29 is 19.1 Å². The zero-order chi connectivity index (χ0) is 25.9. The maximum absolute atomic E-state index is 12.2. The van der Waals surface area contributed by atoms with Crippen LogP contribution in [0.15, 0.2) is 24.3 Å². The molecule has 190 valence electrons. The van der Waals surface area contributed by atoms with Gasteiger partial charge in [-0.1, -0.05) is 90.2 Å². The number of unbranched alkanes of at least 4 members (excludes halogenated alkanes) is 5. The van der Waals surface area contributed by atoms with Crippen LogP contribution in [0, 0.1) is 35.5 Å². The number of carbonyl (C=O) groups is 2. The number of esters is 2. The third-order valence-electron chi connectivity index (χ3n) is 4.82. The minimum absolute atomic E-state index is 0.185. The SMILES string of the molecule is C=C(C)C#CC(CC(C)C)OC(=O)CCCCCCCCC(=O)OC(C#CC(=C)C)CC(C)C.